The molecule has 0 aromatic heterocycles. The summed E-state index contributed by atoms with van der Waals surface area (Å²) in [6, 6.07) is 6.13. The molecule has 1 unspecified atom stereocenters. The number of nitrogens with zero attached hydrogens (tertiary/aromatic N) is 3. The van der Waals surface area contributed by atoms with E-state index < -0.39 is 55.4 Å². The molecule has 1 radical (unpaired) electrons. The van der Waals surface area contributed by atoms with Gasteiger partial charge >= 0.3 is 17.9 Å². The average Bonchev–Trinajstić information content (AvgIpc) is 2.70. The fourth-order valence-corrected chi connectivity index (χ4v) is 3.56. The summed E-state index contributed by atoms with van der Waals surface area (Å²) in [7, 11) is 0. The van der Waals surface area contributed by atoms with Gasteiger partial charge in [-0.1, -0.05) is 12.1 Å². The van der Waals surface area contributed by atoms with Crippen molar-refractivity contribution in [2.45, 2.75) is 12.5 Å². The van der Waals surface area contributed by atoms with Crippen LogP contribution in [-0.2, 0) is 30.4 Å². The molecule has 0 aliphatic rings. The van der Waals surface area contributed by atoms with E-state index in [-0.39, 0.29) is 88.5 Å². The maximum Gasteiger partial charge on any atom is 0.317 e. The molecule has 0 saturated heterocycles. The van der Waals surface area contributed by atoms with Crippen LogP contribution in [0.5, 0.6) is 0 Å². The van der Waals surface area contributed by atoms with Crippen LogP contribution >= 0.6 is 0 Å². The fraction of sp³-hybridized carbons (Fsp3) is 0.476. The monoisotopic (exact) mass is 649 g/mol. The first-order valence-corrected chi connectivity index (χ1v) is 10.6. The summed E-state index contributed by atoms with van der Waals surface area (Å²) >= 11 is 0. The third kappa shape index (κ3) is 15.1. The zero-order chi connectivity index (χ0) is 26.5. The number of nitrogens with two attached hydrogens (primary N) is 3. The van der Waals surface area contributed by atoms with E-state index in [0.717, 1.165) is 5.56 Å². The normalized spacial score (nSPS) is 11.8. The number of carbonyl (C=O) groups is 5. The number of hydrogen-bond donors (Lipinski definition) is 6. The zero-order valence-corrected chi connectivity index (χ0v) is 22.0. The second-order valence-electron chi connectivity index (χ2n) is 8.06. The van der Waals surface area contributed by atoms with Gasteiger partial charge in [-0.05, 0) is 24.1 Å². The van der Waals surface area contributed by atoms with Crippen molar-refractivity contribution < 1.29 is 88.7 Å². The smallest absolute Gasteiger partial charge is 0.317 e. The minimum Gasteiger partial charge on any atom is -0.480 e. The third-order valence-electron chi connectivity index (χ3n) is 4.96. The Bertz CT molecular complexity index is 869. The first-order chi connectivity index (χ1) is 16.3. The van der Waals surface area contributed by atoms with Gasteiger partial charge in [-0.25, -0.2) is 0 Å². The van der Waals surface area contributed by atoms with Crippen molar-refractivity contribution in [2.75, 3.05) is 58.1 Å². The molecule has 0 fully saturated rings. The van der Waals surface area contributed by atoms with Crippen LogP contribution in [0.25, 0.3) is 0 Å². The van der Waals surface area contributed by atoms with Crippen molar-refractivity contribution in [2.24, 2.45) is 11.5 Å². The fourth-order valence-electron chi connectivity index (χ4n) is 3.56. The number of anilines is 1. The number of nitrogen functional groups attached to an aromatic ring is 1. The standard InChI is InChI=1S/C21H32N6O8.Eu/c22-15-3-1-14(2-4-15)7-16(27(10-18(24)29)13-21(34)35)8-25(11-19(30)31)5-6-26(9-17(23)28)12-20(32)33;/h1-4,16H,5-13,22H2,(H2,23,28)(H2,24,29)(H,30,31)(H,32,33)(H,34,35);. The average molecular weight is 648 g/mol. The van der Waals surface area contributed by atoms with Gasteiger partial charge in [-0.3, -0.25) is 38.7 Å². The van der Waals surface area contributed by atoms with E-state index in [1.54, 1.807) is 24.3 Å². The Kier molecular flexibility index (Phi) is 16.3. The number of carboxylic acids is 3. The van der Waals surface area contributed by atoms with Crippen LogP contribution in [0.2, 0.25) is 0 Å². The van der Waals surface area contributed by atoms with Crippen LogP contribution in [0, 0.1) is 49.4 Å². The van der Waals surface area contributed by atoms with Crippen LogP contribution < -0.4 is 17.2 Å². The third-order valence-corrected chi connectivity index (χ3v) is 4.96. The van der Waals surface area contributed by atoms with E-state index in [1.807, 2.05) is 0 Å². The quantitative estimate of drug-likeness (QED) is 0.0894. The van der Waals surface area contributed by atoms with Gasteiger partial charge in [0.05, 0.1) is 32.7 Å². The Balaban J connectivity index is 0.0000122. The Morgan fingerprint density at radius 2 is 1.19 bits per heavy atom. The largest absolute Gasteiger partial charge is 0.480 e. The SMILES string of the molecule is NC(=O)CN(CCN(CC(=O)O)CC(Cc1ccc(N)cc1)N(CC(N)=O)CC(=O)O)CC(=O)O.[Eu]. The van der Waals surface area contributed by atoms with E-state index in [0.29, 0.717) is 5.69 Å². The van der Waals surface area contributed by atoms with Crippen molar-refractivity contribution in [3.8, 4) is 0 Å². The Hall–Kier alpha value is -2.17. The van der Waals surface area contributed by atoms with E-state index >= 15 is 0 Å². The first kappa shape index (κ1) is 33.8. The molecule has 1 aromatic rings. The number of hydrogen-bond acceptors (Lipinski definition) is 9. The number of carbonyl (C=O) groups excluding carboxylic acids is 2. The maximum atomic E-state index is 11.6. The van der Waals surface area contributed by atoms with Gasteiger partial charge in [0.25, 0.3) is 0 Å². The second-order valence-corrected chi connectivity index (χ2v) is 8.06. The minimum atomic E-state index is -1.20. The number of carboxylic acid groups (broad SMARTS) is 3. The molecule has 1 atom stereocenters. The predicted molar refractivity (Wildman–Crippen MR) is 124 cm³/mol. The molecule has 0 bridgehead atoms. The van der Waals surface area contributed by atoms with Crippen molar-refractivity contribution in [1.82, 2.24) is 14.7 Å². The second kappa shape index (κ2) is 17.3. The van der Waals surface area contributed by atoms with Crippen LogP contribution in [0.15, 0.2) is 24.3 Å². The first-order valence-electron chi connectivity index (χ1n) is 10.6. The van der Waals surface area contributed by atoms with Gasteiger partial charge < -0.3 is 32.5 Å². The van der Waals surface area contributed by atoms with E-state index in [1.165, 1.54) is 14.7 Å². The molecule has 0 aliphatic heterocycles. The summed E-state index contributed by atoms with van der Waals surface area (Å²) in [5.74, 6) is -5.06. The molecule has 15 heteroatoms. The van der Waals surface area contributed by atoms with Gasteiger partial charge in [0.15, 0.2) is 0 Å². The zero-order valence-electron chi connectivity index (χ0n) is 19.6. The molecule has 14 nitrogen and oxygen atoms in total. The topological polar surface area (TPSA) is 234 Å². The van der Waals surface area contributed by atoms with Crippen LogP contribution in [0.3, 0.4) is 0 Å². The molecule has 0 aliphatic carbocycles. The Labute approximate surface area is 248 Å². The van der Waals surface area contributed by atoms with E-state index in [9.17, 15) is 34.2 Å². The molecule has 201 valence electrons. The molecule has 36 heavy (non-hydrogen) atoms. The molecular weight excluding hydrogens is 616 g/mol. The predicted octanol–water partition coefficient (Wildman–Crippen LogP) is -2.69. The summed E-state index contributed by atoms with van der Waals surface area (Å²) < 4.78 is 0. The molecule has 0 heterocycles. The number of benzene rings is 1. The molecule has 2 amide bonds. The van der Waals surface area contributed by atoms with Crippen molar-refractivity contribution in [3.05, 3.63) is 29.8 Å². The Morgan fingerprint density at radius 3 is 1.67 bits per heavy atom. The molecule has 1 aromatic carbocycles. The van der Waals surface area contributed by atoms with E-state index in [2.05, 4.69) is 0 Å². The molecule has 1 rings (SSSR count). The minimum absolute atomic E-state index is 0. The van der Waals surface area contributed by atoms with Crippen molar-refractivity contribution in [1.29, 1.82) is 0 Å². The van der Waals surface area contributed by atoms with Gasteiger partial charge in [0.2, 0.25) is 11.8 Å². The van der Waals surface area contributed by atoms with Gasteiger partial charge in [-0.2, -0.15) is 0 Å². The molecule has 0 saturated carbocycles. The summed E-state index contributed by atoms with van der Waals surface area (Å²) in [5, 5.41) is 27.8. The van der Waals surface area contributed by atoms with Crippen LogP contribution in [0.4, 0.5) is 5.69 Å². The van der Waals surface area contributed by atoms with E-state index in [4.69, 9.17) is 22.3 Å². The van der Waals surface area contributed by atoms with Gasteiger partial charge in [0.1, 0.15) is 0 Å². The molecular formula is C21H32EuN6O8. The van der Waals surface area contributed by atoms with Gasteiger partial charge in [0, 0.05) is 80.7 Å². The molecule has 9 N–H and O–H groups in total. The number of primary amides is 2. The summed E-state index contributed by atoms with van der Waals surface area (Å²) in [6.07, 6.45) is 0.247. The summed E-state index contributed by atoms with van der Waals surface area (Å²) in [4.78, 5) is 61.0. The van der Waals surface area contributed by atoms with Crippen LogP contribution in [0.1, 0.15) is 5.56 Å². The number of amides is 2. The summed E-state index contributed by atoms with van der Waals surface area (Å²) in [6.45, 7) is -2.12. The van der Waals surface area contributed by atoms with Crippen molar-refractivity contribution >= 4 is 35.4 Å². The Morgan fingerprint density at radius 1 is 0.722 bits per heavy atom. The maximum absolute atomic E-state index is 11.6. The van der Waals surface area contributed by atoms with Gasteiger partial charge in [-0.15, -0.1) is 0 Å². The molecule has 0 spiro atoms. The van der Waals surface area contributed by atoms with Crippen molar-refractivity contribution in [3.63, 3.8) is 0 Å². The number of aliphatic carboxylic acids is 3. The van der Waals surface area contributed by atoms with Crippen LogP contribution in [-0.4, -0.2) is 118 Å². The number of rotatable bonds is 18. The summed E-state index contributed by atoms with van der Waals surface area (Å²) in [5.41, 5.74) is 17.5.